The van der Waals surface area contributed by atoms with E-state index >= 15 is 4.39 Å². The molecular formula is C62H83BrClFN6O15. The van der Waals surface area contributed by atoms with E-state index in [0.717, 1.165) is 22.1 Å². The van der Waals surface area contributed by atoms with Gasteiger partial charge in [0.05, 0.1) is 41.4 Å². The molecule has 0 spiro atoms. The van der Waals surface area contributed by atoms with Crippen molar-refractivity contribution in [1.29, 1.82) is 0 Å². The third-order valence-corrected chi connectivity index (χ3v) is 17.3. The highest BCUT2D eigenvalue weighted by atomic mass is 79.9. The van der Waals surface area contributed by atoms with Crippen molar-refractivity contribution in [3.63, 3.8) is 0 Å². The number of nitrogens with one attached hydrogen (secondary N) is 3. The van der Waals surface area contributed by atoms with E-state index < -0.39 is 125 Å². The minimum atomic E-state index is -1.92. The predicted octanol–water partition coefficient (Wildman–Crippen LogP) is 7.60. The van der Waals surface area contributed by atoms with Crippen LogP contribution in [0, 0.1) is 30.5 Å². The maximum atomic E-state index is 16.2. The molecule has 86 heavy (non-hydrogen) atoms. The largest absolute Gasteiger partial charge is 0.462 e. The maximum Gasteiger partial charge on any atom is 0.409 e. The number of Topliss-reactive ketones (excluding diaryl/α,β-unsaturated/α-hetero) is 2. The van der Waals surface area contributed by atoms with Crippen LogP contribution in [0.2, 0.25) is 5.02 Å². The van der Waals surface area contributed by atoms with Crippen molar-refractivity contribution in [1.82, 2.24) is 20.9 Å². The lowest BCUT2D eigenvalue weighted by atomic mass is 9.83. The van der Waals surface area contributed by atoms with Gasteiger partial charge in [-0.2, -0.15) is 0 Å². The molecule has 0 aromatic heterocycles. The molecule has 0 saturated carbocycles. The van der Waals surface area contributed by atoms with Crippen LogP contribution in [-0.4, -0.2) is 151 Å². The highest BCUT2D eigenvalue weighted by molar-refractivity contribution is 9.09. The number of ether oxygens (including phenoxy) is 5. The fourth-order valence-electron chi connectivity index (χ4n) is 10.6. The van der Waals surface area contributed by atoms with E-state index in [0.29, 0.717) is 52.9 Å². The summed E-state index contributed by atoms with van der Waals surface area (Å²) in [7, 11) is 4.21. The van der Waals surface area contributed by atoms with E-state index in [2.05, 4.69) is 38.5 Å². The molecule has 3 aliphatic rings. The number of fused-ring (bicyclic) bond motifs is 5. The van der Waals surface area contributed by atoms with E-state index in [4.69, 9.17) is 41.0 Å². The molecule has 6 N–H and O–H groups in total. The number of aliphatic hydroxyl groups is 1. The molecule has 472 valence electrons. The number of allylic oxidation sites excluding steroid dienone is 3. The summed E-state index contributed by atoms with van der Waals surface area (Å²) in [4.78, 5) is 122. The smallest absolute Gasteiger partial charge is 0.409 e. The van der Waals surface area contributed by atoms with Crippen LogP contribution in [-0.2, 0) is 65.3 Å². The topological polar surface area (TPSA) is 292 Å². The molecule has 21 nitrogen and oxygen atoms in total. The summed E-state index contributed by atoms with van der Waals surface area (Å²) in [5, 5.41) is 20.2. The van der Waals surface area contributed by atoms with Crippen LogP contribution in [0.15, 0.2) is 66.3 Å². The van der Waals surface area contributed by atoms with Crippen LogP contribution in [0.25, 0.3) is 0 Å². The molecule has 3 aliphatic heterocycles. The van der Waals surface area contributed by atoms with Crippen molar-refractivity contribution in [3.8, 4) is 0 Å². The molecule has 3 heterocycles. The number of epoxide rings is 1. The van der Waals surface area contributed by atoms with Gasteiger partial charge in [-0.3, -0.25) is 29.3 Å². The van der Waals surface area contributed by atoms with Crippen molar-refractivity contribution >= 4 is 86.6 Å². The molecule has 0 radical (unpaired) electrons. The van der Waals surface area contributed by atoms with Gasteiger partial charge in [0.1, 0.15) is 41.6 Å². The summed E-state index contributed by atoms with van der Waals surface area (Å²) in [6.45, 7) is 15.9. The number of nitrogens with zero attached hydrogens (tertiary/aromatic N) is 2. The summed E-state index contributed by atoms with van der Waals surface area (Å²) in [5.41, 5.74) is 4.76. The first-order valence-corrected chi connectivity index (χ1v) is 30.3. The summed E-state index contributed by atoms with van der Waals surface area (Å²) in [6, 6.07) is 3.92. The van der Waals surface area contributed by atoms with Crippen molar-refractivity contribution in [2.45, 2.75) is 167 Å². The molecule has 0 unspecified atom stereocenters. The summed E-state index contributed by atoms with van der Waals surface area (Å²) in [5.74, 6) is -6.92. The second-order valence-corrected chi connectivity index (χ2v) is 24.1. The van der Waals surface area contributed by atoms with Gasteiger partial charge in [-0.15, -0.1) is 0 Å². The number of benzene rings is 2. The van der Waals surface area contributed by atoms with E-state index in [9.17, 15) is 48.3 Å². The lowest BCUT2D eigenvalue weighted by Crippen LogP contribution is -2.63. The molecule has 2 fully saturated rings. The number of urea groups is 1. The average molecular weight is 1290 g/mol. The molecule has 0 aliphatic carbocycles. The van der Waals surface area contributed by atoms with Gasteiger partial charge in [0.15, 0.2) is 11.5 Å². The Bertz CT molecular complexity index is 2940. The second kappa shape index (κ2) is 31.4. The number of carbonyl (C=O) groups excluding carboxylic acids is 9. The highest BCUT2D eigenvalue weighted by Gasteiger charge is 2.64. The number of hydrogen-bond donors (Lipinski definition) is 5. The summed E-state index contributed by atoms with van der Waals surface area (Å²) >= 11 is 10.0. The monoisotopic (exact) mass is 1280 g/mol. The molecule has 2 aromatic rings. The lowest BCUT2D eigenvalue weighted by Gasteiger charge is -2.42. The first-order chi connectivity index (χ1) is 40.4. The van der Waals surface area contributed by atoms with Crippen LogP contribution in [0.5, 0.6) is 0 Å². The van der Waals surface area contributed by atoms with Gasteiger partial charge in [-0.25, -0.2) is 23.6 Å². The summed E-state index contributed by atoms with van der Waals surface area (Å²) < 4.78 is 45.2. The van der Waals surface area contributed by atoms with Crippen molar-refractivity contribution in [2.75, 3.05) is 44.6 Å². The molecule has 2 saturated heterocycles. The zero-order chi connectivity index (χ0) is 64.0. The van der Waals surface area contributed by atoms with E-state index in [1.54, 1.807) is 53.0 Å². The predicted molar refractivity (Wildman–Crippen MR) is 323 cm³/mol. The zero-order valence-electron chi connectivity index (χ0n) is 50.7. The van der Waals surface area contributed by atoms with Gasteiger partial charge in [0.2, 0.25) is 11.8 Å². The maximum absolute atomic E-state index is 16.2. The SMILES string of the molecule is C=C(CBr)C(=O)OCCCCCC(=O)C[C@H](C(=O)N[C@@H](CCCNC(N)=O)C(=O)Cc1ccc(C(=O)N(C)[C@@H](C)C(=O)O[C@H]2CC(=O)N(C)c3cc(cc(C)c3Cl)C/C(C)=C/C=C/[C@@H](OC)[C@@]3(O)C[C@H](OC(=O)N3)[C@@H](C)[C@@H]3O[C@@]23C)c(F)c1)C(C)C. The minimum Gasteiger partial charge on any atom is -0.462 e. The number of carbonyl (C=O) groups is 9. The number of rotatable bonds is 25. The Hall–Kier alpha value is -6.53. The van der Waals surface area contributed by atoms with Crippen LogP contribution in [0.3, 0.4) is 0 Å². The quantitative estimate of drug-likeness (QED) is 0.0160. The zero-order valence-corrected chi connectivity index (χ0v) is 53.0. The van der Waals surface area contributed by atoms with Gasteiger partial charge in [-0.05, 0) is 107 Å². The number of hydrogen-bond acceptors (Lipinski definition) is 15. The van der Waals surface area contributed by atoms with Crippen LogP contribution >= 0.6 is 27.5 Å². The number of aryl methyl sites for hydroxylation is 1. The third-order valence-electron chi connectivity index (χ3n) is 16.1. The number of alkyl carbamates (subject to hydrolysis) is 1. The average Bonchev–Trinajstić information content (AvgIpc) is 1.61. The molecule has 5 rings (SSSR count). The number of nitrogens with two attached hydrogens (primary N) is 1. The molecular weight excluding hydrogens is 1200 g/mol. The van der Waals surface area contributed by atoms with Crippen LogP contribution in [0.1, 0.15) is 126 Å². The lowest BCUT2D eigenvalue weighted by molar-refractivity contribution is -0.158. The Morgan fingerprint density at radius 3 is 2.43 bits per heavy atom. The summed E-state index contributed by atoms with van der Waals surface area (Å²) in [6.07, 6.45) is 1.65. The van der Waals surface area contributed by atoms with Gasteiger partial charge in [-0.1, -0.05) is 90.8 Å². The molecule has 2 aromatic carbocycles. The number of anilines is 1. The molecule has 6 amide bonds. The number of alkyl halides is 1. The van der Waals surface area contributed by atoms with E-state index in [1.807, 2.05) is 26.0 Å². The Labute approximate surface area is 515 Å². The second-order valence-electron chi connectivity index (χ2n) is 23.2. The van der Waals surface area contributed by atoms with Gasteiger partial charge in [0, 0.05) is 76.2 Å². The van der Waals surface area contributed by atoms with Crippen LogP contribution < -0.4 is 26.6 Å². The normalized spacial score (nSPS) is 24.2. The minimum absolute atomic E-state index is 0.0522. The molecule has 4 bridgehead atoms. The number of esters is 2. The van der Waals surface area contributed by atoms with Crippen LogP contribution in [0.4, 0.5) is 19.7 Å². The Kier molecular flexibility index (Phi) is 25.6. The number of halogens is 3. The number of amides is 6. The number of primary amides is 1. The Balaban J connectivity index is 1.31. The molecule has 24 heteroatoms. The molecule has 10 atom stereocenters. The fourth-order valence-corrected chi connectivity index (χ4v) is 11.0. The Morgan fingerprint density at radius 2 is 1.78 bits per heavy atom. The van der Waals surface area contributed by atoms with E-state index in [-0.39, 0.29) is 68.9 Å². The van der Waals surface area contributed by atoms with Gasteiger partial charge >= 0.3 is 24.1 Å². The van der Waals surface area contributed by atoms with Crippen molar-refractivity contribution < 1.29 is 76.3 Å². The standard InChI is InChI=1S/C62H83BrClFN6O15/c1-34(2)44(30-42(72)18-13-12-14-24-83-57(77)37(5)33-63)55(75)68-46(19-16-23-67-59(66)79)48(73)29-40-21-22-43(45(65)27-40)56(76)70(9)39(7)58(78)85-51-31-52(74)71(10)47-28-41(26-36(4)53(47)64)25-35(3)17-15-20-50(82-11)62(81)32-49(84-60(80)69-62)38(6)54-61(51,8)86-54/h15,17,20-22,26-28,34,38-39,44,46,49-51,54,81H,5,12-14,16,18-19,23-25,29-33H2,1-4,6-11H3,(H,68,75)(H,69,80)(H3,66,67,79)/b20-15+,35-17+/t38-,39+,44+,46+,49+,50-,51+,54+,61+,62+/m1/s1. The first-order valence-electron chi connectivity index (χ1n) is 28.8. The number of likely N-dealkylation sites (N-methyl/N-ethyl adjacent to an activating group) is 1. The third kappa shape index (κ3) is 18.7. The van der Waals surface area contributed by atoms with Crippen molar-refractivity contribution in [3.05, 3.63) is 99.4 Å². The van der Waals surface area contributed by atoms with Gasteiger partial charge in [0.25, 0.3) is 5.91 Å². The fraction of sp³-hybridized carbons (Fsp3) is 0.565. The number of unbranched alkanes of at least 4 members (excludes halogenated alkanes) is 2. The first kappa shape index (κ1) is 70.2. The van der Waals surface area contributed by atoms with Gasteiger partial charge < -0.3 is 55.0 Å². The number of ketones is 2. The van der Waals surface area contributed by atoms with Crippen molar-refractivity contribution in [2.24, 2.45) is 23.5 Å². The Morgan fingerprint density at radius 1 is 1.07 bits per heavy atom. The van der Waals surface area contributed by atoms with E-state index in [1.165, 1.54) is 38.1 Å². The number of methoxy groups -OCH3 is 1. The highest BCUT2D eigenvalue weighted by Crippen LogP contribution is 2.49.